The van der Waals surface area contributed by atoms with Crippen LogP contribution < -0.4 is 5.73 Å². The molecule has 2 N–H and O–H groups in total. The molecule has 1 fully saturated rings. The van der Waals surface area contributed by atoms with Crippen LogP contribution in [0.2, 0.25) is 0 Å². The van der Waals surface area contributed by atoms with Crippen molar-refractivity contribution in [1.29, 1.82) is 0 Å². The van der Waals surface area contributed by atoms with Crippen LogP contribution in [-0.4, -0.2) is 19.6 Å². The van der Waals surface area contributed by atoms with Gasteiger partial charge in [-0.1, -0.05) is 6.92 Å². The van der Waals surface area contributed by atoms with Crippen molar-refractivity contribution in [3.8, 4) is 0 Å². The Labute approximate surface area is 60.5 Å². The summed E-state index contributed by atoms with van der Waals surface area (Å²) in [7, 11) is 1.41. The standard InChI is InChI=1S/C7H13NO2/c1-7(4-8)3-5(7)6(9)10-2/h5H,3-4,8H2,1-2H3/t5-,7-/m0/s1. The molecule has 0 unspecified atom stereocenters. The summed E-state index contributed by atoms with van der Waals surface area (Å²) in [4.78, 5) is 10.9. The maximum atomic E-state index is 10.9. The number of carbonyl (C=O) groups is 1. The van der Waals surface area contributed by atoms with Gasteiger partial charge >= 0.3 is 5.97 Å². The van der Waals surface area contributed by atoms with E-state index in [1.165, 1.54) is 7.11 Å². The van der Waals surface area contributed by atoms with Crippen LogP contribution in [0.1, 0.15) is 13.3 Å². The first-order valence-electron chi connectivity index (χ1n) is 3.42. The minimum absolute atomic E-state index is 0.0348. The number of carbonyl (C=O) groups excluding carboxylic acids is 1. The largest absolute Gasteiger partial charge is 0.469 e. The summed E-state index contributed by atoms with van der Waals surface area (Å²) in [5.74, 6) is -0.0598. The van der Waals surface area contributed by atoms with Crippen molar-refractivity contribution >= 4 is 5.97 Å². The number of methoxy groups -OCH3 is 1. The maximum Gasteiger partial charge on any atom is 0.309 e. The van der Waals surface area contributed by atoms with Crippen LogP contribution in [0.3, 0.4) is 0 Å². The minimum atomic E-state index is -0.118. The van der Waals surface area contributed by atoms with Gasteiger partial charge in [0.25, 0.3) is 0 Å². The molecular weight excluding hydrogens is 130 g/mol. The Morgan fingerprint density at radius 3 is 2.80 bits per heavy atom. The zero-order chi connectivity index (χ0) is 7.78. The van der Waals surface area contributed by atoms with Crippen LogP contribution in [0.15, 0.2) is 0 Å². The van der Waals surface area contributed by atoms with E-state index in [1.54, 1.807) is 0 Å². The van der Waals surface area contributed by atoms with E-state index in [4.69, 9.17) is 5.73 Å². The van der Waals surface area contributed by atoms with E-state index < -0.39 is 0 Å². The lowest BCUT2D eigenvalue weighted by atomic mass is 10.1. The molecule has 0 saturated heterocycles. The Bertz CT molecular complexity index is 158. The second kappa shape index (κ2) is 2.23. The Morgan fingerprint density at radius 1 is 1.90 bits per heavy atom. The van der Waals surface area contributed by atoms with Crippen molar-refractivity contribution in [3.63, 3.8) is 0 Å². The number of ether oxygens (including phenoxy) is 1. The third-order valence-electron chi connectivity index (χ3n) is 2.30. The van der Waals surface area contributed by atoms with E-state index in [-0.39, 0.29) is 17.3 Å². The minimum Gasteiger partial charge on any atom is -0.469 e. The number of rotatable bonds is 2. The monoisotopic (exact) mass is 143 g/mol. The summed E-state index contributed by atoms with van der Waals surface area (Å²) in [6, 6.07) is 0. The van der Waals surface area contributed by atoms with Gasteiger partial charge in [0.15, 0.2) is 0 Å². The van der Waals surface area contributed by atoms with E-state index in [2.05, 4.69) is 4.74 Å². The first-order chi connectivity index (χ1) is 4.64. The molecule has 0 radical (unpaired) electrons. The zero-order valence-corrected chi connectivity index (χ0v) is 6.39. The van der Waals surface area contributed by atoms with Gasteiger partial charge in [0, 0.05) is 0 Å². The lowest BCUT2D eigenvalue weighted by molar-refractivity contribution is -0.143. The molecule has 10 heavy (non-hydrogen) atoms. The molecule has 1 rings (SSSR count). The molecule has 1 aliphatic rings. The van der Waals surface area contributed by atoms with Gasteiger partial charge < -0.3 is 10.5 Å². The van der Waals surface area contributed by atoms with Crippen LogP contribution in [0, 0.1) is 11.3 Å². The second-order valence-electron chi connectivity index (χ2n) is 3.14. The van der Waals surface area contributed by atoms with E-state index in [0.717, 1.165) is 6.42 Å². The molecule has 0 aliphatic heterocycles. The van der Waals surface area contributed by atoms with Crippen molar-refractivity contribution in [1.82, 2.24) is 0 Å². The predicted molar refractivity (Wildman–Crippen MR) is 37.3 cm³/mol. The second-order valence-corrected chi connectivity index (χ2v) is 3.14. The van der Waals surface area contributed by atoms with Crippen molar-refractivity contribution in [2.24, 2.45) is 17.1 Å². The number of hydrogen-bond acceptors (Lipinski definition) is 3. The third kappa shape index (κ3) is 1.01. The van der Waals surface area contributed by atoms with Crippen LogP contribution in [-0.2, 0) is 9.53 Å². The topological polar surface area (TPSA) is 52.3 Å². The van der Waals surface area contributed by atoms with Gasteiger partial charge in [-0.3, -0.25) is 4.79 Å². The normalized spacial score (nSPS) is 37.3. The summed E-state index contributed by atoms with van der Waals surface area (Å²) in [5.41, 5.74) is 5.48. The van der Waals surface area contributed by atoms with Crippen molar-refractivity contribution in [3.05, 3.63) is 0 Å². The first kappa shape index (κ1) is 7.54. The lowest BCUT2D eigenvalue weighted by Crippen LogP contribution is -2.18. The summed E-state index contributed by atoms with van der Waals surface area (Å²) in [5, 5.41) is 0. The average Bonchev–Trinajstić information content (AvgIpc) is 2.62. The van der Waals surface area contributed by atoms with Crippen molar-refractivity contribution in [2.45, 2.75) is 13.3 Å². The summed E-state index contributed by atoms with van der Waals surface area (Å²) in [6.07, 6.45) is 0.885. The van der Waals surface area contributed by atoms with Crippen LogP contribution in [0.4, 0.5) is 0 Å². The molecule has 1 saturated carbocycles. The predicted octanol–water partition coefficient (Wildman–Crippen LogP) is 0.144. The van der Waals surface area contributed by atoms with Gasteiger partial charge in [0.05, 0.1) is 13.0 Å². The smallest absolute Gasteiger partial charge is 0.309 e. The van der Waals surface area contributed by atoms with Gasteiger partial charge in [0.2, 0.25) is 0 Å². The molecule has 3 heteroatoms. The van der Waals surface area contributed by atoms with E-state index >= 15 is 0 Å². The summed E-state index contributed by atoms with van der Waals surface area (Å²) >= 11 is 0. The Morgan fingerprint density at radius 2 is 2.50 bits per heavy atom. The molecule has 0 heterocycles. The molecule has 3 nitrogen and oxygen atoms in total. The van der Waals surface area contributed by atoms with E-state index in [0.29, 0.717) is 6.54 Å². The molecule has 2 atom stereocenters. The molecule has 0 spiro atoms. The number of hydrogen-bond donors (Lipinski definition) is 1. The molecule has 0 amide bonds. The maximum absolute atomic E-state index is 10.9. The van der Waals surface area contributed by atoms with Crippen molar-refractivity contribution < 1.29 is 9.53 Å². The fourth-order valence-corrected chi connectivity index (χ4v) is 1.14. The first-order valence-corrected chi connectivity index (χ1v) is 3.42. The SMILES string of the molecule is COC(=O)[C@@H]1C[C@@]1(C)CN. The molecule has 1 aliphatic carbocycles. The summed E-state index contributed by atoms with van der Waals surface area (Å²) < 4.78 is 4.58. The Balaban J connectivity index is 2.44. The number of esters is 1. The highest BCUT2D eigenvalue weighted by molar-refractivity contribution is 5.76. The average molecular weight is 143 g/mol. The molecule has 0 aromatic rings. The van der Waals surface area contributed by atoms with Gasteiger partial charge in [-0.15, -0.1) is 0 Å². The highest BCUT2D eigenvalue weighted by atomic mass is 16.5. The van der Waals surface area contributed by atoms with Crippen LogP contribution in [0.25, 0.3) is 0 Å². The Hall–Kier alpha value is -0.570. The molecule has 0 aromatic carbocycles. The fraction of sp³-hybridized carbons (Fsp3) is 0.857. The van der Waals surface area contributed by atoms with E-state index in [1.807, 2.05) is 6.92 Å². The number of nitrogens with two attached hydrogens (primary N) is 1. The summed E-state index contributed by atoms with van der Waals surface area (Å²) in [6.45, 7) is 2.58. The fourth-order valence-electron chi connectivity index (χ4n) is 1.14. The molecule has 58 valence electrons. The van der Waals surface area contributed by atoms with Crippen molar-refractivity contribution in [2.75, 3.05) is 13.7 Å². The zero-order valence-electron chi connectivity index (χ0n) is 6.39. The highest BCUT2D eigenvalue weighted by Gasteiger charge is 2.54. The highest BCUT2D eigenvalue weighted by Crippen LogP contribution is 2.51. The van der Waals surface area contributed by atoms with Crippen LogP contribution >= 0.6 is 0 Å². The van der Waals surface area contributed by atoms with Crippen LogP contribution in [0.5, 0.6) is 0 Å². The Kier molecular flexibility index (Phi) is 1.68. The van der Waals surface area contributed by atoms with Gasteiger partial charge in [-0.25, -0.2) is 0 Å². The van der Waals surface area contributed by atoms with E-state index in [9.17, 15) is 4.79 Å². The molecule has 0 aromatic heterocycles. The molecular formula is C7H13NO2. The van der Waals surface area contributed by atoms with Gasteiger partial charge in [-0.05, 0) is 18.4 Å². The van der Waals surface area contributed by atoms with Gasteiger partial charge in [0.1, 0.15) is 0 Å². The van der Waals surface area contributed by atoms with Gasteiger partial charge in [-0.2, -0.15) is 0 Å². The molecule has 0 bridgehead atoms. The lowest BCUT2D eigenvalue weighted by Gasteiger charge is -2.04. The third-order valence-corrected chi connectivity index (χ3v) is 2.30. The quantitative estimate of drug-likeness (QED) is 0.559.